The average molecular weight is 439 g/mol. The number of aryl methyl sites for hydroxylation is 1. The number of nitrogens with two attached hydrogens (primary N) is 1. The maximum Gasteiger partial charge on any atom is 0.433 e. The van der Waals surface area contributed by atoms with Gasteiger partial charge >= 0.3 is 6.18 Å². The number of ether oxygens (including phenoxy) is 1. The van der Waals surface area contributed by atoms with Crippen molar-refractivity contribution in [2.45, 2.75) is 25.7 Å². The average Bonchev–Trinajstić information content (AvgIpc) is 3.05. The Morgan fingerprint density at radius 3 is 2.77 bits per heavy atom. The van der Waals surface area contributed by atoms with Gasteiger partial charge in [0, 0.05) is 17.1 Å². The van der Waals surface area contributed by atoms with Crippen molar-refractivity contribution >= 4 is 22.8 Å². The van der Waals surface area contributed by atoms with Crippen molar-refractivity contribution in [3.8, 4) is 5.75 Å². The van der Waals surface area contributed by atoms with E-state index in [1.165, 1.54) is 25.1 Å². The molecule has 0 radical (unpaired) electrons. The quantitative estimate of drug-likeness (QED) is 0.518. The second kappa shape index (κ2) is 8.64. The monoisotopic (exact) mass is 439 g/mol. The molecule has 0 aliphatic heterocycles. The van der Waals surface area contributed by atoms with Crippen molar-refractivity contribution in [1.82, 2.24) is 10.3 Å². The lowest BCUT2D eigenvalue weighted by Crippen LogP contribution is -2.46. The summed E-state index contributed by atoms with van der Waals surface area (Å²) in [6.07, 6.45) is -4.02. The number of hydrogen-bond acceptors (Lipinski definition) is 6. The molecule has 0 aliphatic rings. The molecule has 0 unspecified atom stereocenters. The maximum absolute atomic E-state index is 13.3. The topological polar surface area (TPSA) is 128 Å². The van der Waals surface area contributed by atoms with Crippen molar-refractivity contribution in [1.29, 1.82) is 0 Å². The number of aromatic nitrogens is 1. The smallest absolute Gasteiger partial charge is 0.433 e. The summed E-state index contributed by atoms with van der Waals surface area (Å²) in [6.45, 7) is -2.21. The van der Waals surface area contributed by atoms with E-state index in [1.54, 1.807) is 0 Å². The van der Waals surface area contributed by atoms with E-state index in [2.05, 4.69) is 10.3 Å². The highest BCUT2D eigenvalue weighted by atomic mass is 19.4. The third-order valence-electron chi connectivity index (χ3n) is 4.25. The number of pyridine rings is 1. The SMILES string of the molecule is [2H]C([2H])(Oc1ccc2oc(C)c(C(=O)N[C@@H](CO)C(N)=O)c2c1)c1cccnc1C(F)(F)F. The summed E-state index contributed by atoms with van der Waals surface area (Å²) in [7, 11) is 0. The Bertz CT molecular complexity index is 1210. The molecular formula is C20H18F3N3O5. The highest BCUT2D eigenvalue weighted by Gasteiger charge is 2.35. The first-order chi connectivity index (χ1) is 15.3. The number of nitrogens with zero attached hydrogens (tertiary/aromatic N) is 1. The van der Waals surface area contributed by atoms with Crippen LogP contribution >= 0.6 is 0 Å². The number of aliphatic hydroxyl groups excluding tert-OH is 1. The molecule has 1 aromatic carbocycles. The molecule has 0 saturated carbocycles. The van der Waals surface area contributed by atoms with Crippen LogP contribution in [0.15, 0.2) is 40.9 Å². The molecule has 3 aromatic rings. The number of hydrogen-bond donors (Lipinski definition) is 3. The normalized spacial score (nSPS) is 14.0. The second-order valence-electron chi connectivity index (χ2n) is 6.40. The number of halogens is 3. The summed E-state index contributed by atoms with van der Waals surface area (Å²) < 4.78 is 66.6. The van der Waals surface area contributed by atoms with Gasteiger partial charge in [-0.15, -0.1) is 0 Å². The molecule has 31 heavy (non-hydrogen) atoms. The molecule has 3 rings (SSSR count). The van der Waals surface area contributed by atoms with E-state index in [0.29, 0.717) is 0 Å². The second-order valence-corrected chi connectivity index (χ2v) is 6.40. The van der Waals surface area contributed by atoms with Crippen LogP contribution in [0.5, 0.6) is 5.75 Å². The van der Waals surface area contributed by atoms with Gasteiger partial charge in [-0.2, -0.15) is 13.2 Å². The number of carbonyl (C=O) groups is 2. The highest BCUT2D eigenvalue weighted by Crippen LogP contribution is 2.32. The summed E-state index contributed by atoms with van der Waals surface area (Å²) in [5.74, 6) is -1.84. The molecule has 164 valence electrons. The number of aliphatic hydroxyl groups is 1. The fourth-order valence-corrected chi connectivity index (χ4v) is 2.81. The van der Waals surface area contributed by atoms with E-state index in [0.717, 1.165) is 18.3 Å². The Kier molecular flexibility index (Phi) is 5.40. The van der Waals surface area contributed by atoms with E-state index in [9.17, 15) is 27.9 Å². The van der Waals surface area contributed by atoms with Gasteiger partial charge in [0.2, 0.25) is 5.91 Å². The van der Waals surface area contributed by atoms with Crippen LogP contribution in [0.1, 0.15) is 30.1 Å². The molecule has 11 heteroatoms. The molecule has 1 atom stereocenters. The molecular weight excluding hydrogens is 419 g/mol. The van der Waals surface area contributed by atoms with Crippen molar-refractivity contribution in [2.75, 3.05) is 6.61 Å². The Morgan fingerprint density at radius 1 is 1.39 bits per heavy atom. The van der Waals surface area contributed by atoms with Gasteiger partial charge in [0.15, 0.2) is 5.69 Å². The Labute approximate surface area is 176 Å². The van der Waals surface area contributed by atoms with E-state index >= 15 is 0 Å². The zero-order chi connectivity index (χ0) is 24.6. The highest BCUT2D eigenvalue weighted by molar-refractivity contribution is 6.08. The van der Waals surface area contributed by atoms with E-state index < -0.39 is 48.5 Å². The molecule has 0 bridgehead atoms. The third-order valence-corrected chi connectivity index (χ3v) is 4.25. The Balaban J connectivity index is 1.99. The third kappa shape index (κ3) is 4.77. The van der Waals surface area contributed by atoms with Gasteiger partial charge < -0.3 is 25.3 Å². The number of rotatable bonds is 7. The van der Waals surface area contributed by atoms with Crippen LogP contribution in [0.25, 0.3) is 11.0 Å². The van der Waals surface area contributed by atoms with Gasteiger partial charge in [0.25, 0.3) is 5.91 Å². The van der Waals surface area contributed by atoms with Gasteiger partial charge in [0.1, 0.15) is 29.7 Å². The first kappa shape index (κ1) is 19.4. The maximum atomic E-state index is 13.3. The van der Waals surface area contributed by atoms with Gasteiger partial charge in [-0.05, 0) is 31.2 Å². The van der Waals surface area contributed by atoms with Gasteiger partial charge in [-0.1, -0.05) is 6.07 Å². The zero-order valence-corrected chi connectivity index (χ0v) is 16.0. The van der Waals surface area contributed by atoms with Crippen molar-refractivity contribution < 1.29 is 39.8 Å². The number of furan rings is 1. The predicted octanol–water partition coefficient (Wildman–Crippen LogP) is 2.31. The first-order valence-electron chi connectivity index (χ1n) is 9.81. The number of alkyl halides is 3. The molecule has 8 nitrogen and oxygen atoms in total. The van der Waals surface area contributed by atoms with Crippen LogP contribution < -0.4 is 15.8 Å². The van der Waals surface area contributed by atoms with Crippen LogP contribution in [0.2, 0.25) is 0 Å². The molecule has 0 saturated heterocycles. The number of fused-ring (bicyclic) bond motifs is 1. The standard InChI is InChI=1S/C20H18F3N3O5/c1-10-16(19(29)26-14(8-27)18(24)28)13-7-12(4-5-15(13)31-10)30-9-11-3-2-6-25-17(11)20(21,22)23/h2-7,14,27H,8-9H2,1H3,(H2,24,28)(H,26,29)/t14-/m0/s1/i9D2. The summed E-state index contributed by atoms with van der Waals surface area (Å²) in [5, 5.41) is 11.6. The largest absolute Gasteiger partial charge is 0.489 e. The number of nitrogens with one attached hydrogen (secondary N) is 1. The minimum absolute atomic E-state index is 0.0481. The van der Waals surface area contributed by atoms with Crippen LogP contribution in [0.3, 0.4) is 0 Å². The van der Waals surface area contributed by atoms with Gasteiger partial charge in [-0.25, -0.2) is 0 Å². The summed E-state index contributed by atoms with van der Waals surface area (Å²) in [5.41, 5.74) is 2.99. The van der Waals surface area contributed by atoms with Crippen LogP contribution in [-0.4, -0.2) is 34.6 Å². The van der Waals surface area contributed by atoms with Crippen molar-refractivity contribution in [3.05, 3.63) is 59.1 Å². The minimum Gasteiger partial charge on any atom is -0.489 e. The summed E-state index contributed by atoms with van der Waals surface area (Å²) in [4.78, 5) is 27.2. The van der Waals surface area contributed by atoms with E-state index in [4.69, 9.17) is 17.6 Å². The first-order valence-corrected chi connectivity index (χ1v) is 8.81. The fraction of sp³-hybridized carbons (Fsp3) is 0.250. The molecule has 0 spiro atoms. The molecule has 2 amide bonds. The van der Waals surface area contributed by atoms with Crippen LogP contribution in [0, 0.1) is 6.92 Å². The number of carbonyl (C=O) groups excluding carboxylic acids is 2. The number of primary amides is 1. The van der Waals surface area contributed by atoms with Crippen LogP contribution in [0.4, 0.5) is 13.2 Å². The zero-order valence-electron chi connectivity index (χ0n) is 18.0. The Morgan fingerprint density at radius 2 is 2.13 bits per heavy atom. The van der Waals surface area contributed by atoms with E-state index in [1.807, 2.05) is 0 Å². The lowest BCUT2D eigenvalue weighted by molar-refractivity contribution is -0.142. The van der Waals surface area contributed by atoms with Crippen LogP contribution in [-0.2, 0) is 17.5 Å². The minimum atomic E-state index is -4.91. The summed E-state index contributed by atoms with van der Waals surface area (Å²) in [6, 6.07) is 4.51. The molecule has 0 fully saturated rings. The van der Waals surface area contributed by atoms with Gasteiger partial charge in [-0.3, -0.25) is 14.6 Å². The van der Waals surface area contributed by atoms with E-state index in [-0.39, 0.29) is 28.0 Å². The molecule has 0 aliphatic carbocycles. The lowest BCUT2D eigenvalue weighted by atomic mass is 10.1. The van der Waals surface area contributed by atoms with Gasteiger partial charge in [0.05, 0.1) is 14.9 Å². The van der Waals surface area contributed by atoms with Crippen molar-refractivity contribution in [3.63, 3.8) is 0 Å². The molecule has 2 heterocycles. The fourth-order valence-electron chi connectivity index (χ4n) is 2.81. The molecule has 2 aromatic heterocycles. The van der Waals surface area contributed by atoms with Crippen molar-refractivity contribution in [2.24, 2.45) is 5.73 Å². The predicted molar refractivity (Wildman–Crippen MR) is 102 cm³/mol. The number of amides is 2. The number of benzene rings is 1. The lowest BCUT2D eigenvalue weighted by Gasteiger charge is -2.13. The molecule has 4 N–H and O–H groups in total. The Hall–Kier alpha value is -3.60. The summed E-state index contributed by atoms with van der Waals surface area (Å²) >= 11 is 0.